The van der Waals surface area contributed by atoms with E-state index in [1.54, 1.807) is 54.0 Å². The third kappa shape index (κ3) is 4.25. The molecular formula is C20H21N3O4. The summed E-state index contributed by atoms with van der Waals surface area (Å²) in [6.07, 6.45) is 3.19. The van der Waals surface area contributed by atoms with Gasteiger partial charge in [-0.3, -0.25) is 4.79 Å². The van der Waals surface area contributed by atoms with Crippen molar-refractivity contribution < 1.29 is 19.1 Å². The lowest BCUT2D eigenvalue weighted by Gasteiger charge is -2.10. The van der Waals surface area contributed by atoms with Gasteiger partial charge >= 0.3 is 5.97 Å². The first-order chi connectivity index (χ1) is 13.0. The first kappa shape index (κ1) is 18.4. The zero-order chi connectivity index (χ0) is 19.4. The van der Waals surface area contributed by atoms with E-state index in [1.807, 2.05) is 13.8 Å². The van der Waals surface area contributed by atoms with Gasteiger partial charge < -0.3 is 14.8 Å². The molecule has 0 aliphatic heterocycles. The standard InChI is InChI=1S/C20H21N3O4/c1-4-26-20(25)17-12-21-23-10-9-15(11-18(17)23)22-19(24)14-5-7-16(8-6-14)27-13(2)3/h5-13H,4H2,1-3H3,(H,22,24). The average molecular weight is 367 g/mol. The number of esters is 1. The predicted molar refractivity (Wildman–Crippen MR) is 101 cm³/mol. The third-order valence-electron chi connectivity index (χ3n) is 3.76. The molecule has 0 unspecified atom stereocenters. The highest BCUT2D eigenvalue weighted by Crippen LogP contribution is 2.19. The van der Waals surface area contributed by atoms with Crippen LogP contribution in [0.3, 0.4) is 0 Å². The number of amides is 1. The number of pyridine rings is 1. The van der Waals surface area contributed by atoms with Crippen LogP contribution in [0.4, 0.5) is 5.69 Å². The van der Waals surface area contributed by atoms with Crippen LogP contribution in [0.5, 0.6) is 5.75 Å². The van der Waals surface area contributed by atoms with Gasteiger partial charge in [-0.1, -0.05) is 0 Å². The molecule has 0 fully saturated rings. The van der Waals surface area contributed by atoms with Crippen LogP contribution in [0, 0.1) is 0 Å². The Morgan fingerprint density at radius 1 is 1.19 bits per heavy atom. The topological polar surface area (TPSA) is 81.9 Å². The van der Waals surface area contributed by atoms with E-state index in [0.29, 0.717) is 28.1 Å². The van der Waals surface area contributed by atoms with Crippen LogP contribution in [0.1, 0.15) is 41.5 Å². The van der Waals surface area contributed by atoms with E-state index >= 15 is 0 Å². The summed E-state index contributed by atoms with van der Waals surface area (Å²) in [5.41, 5.74) is 1.97. The molecule has 0 aliphatic rings. The zero-order valence-corrected chi connectivity index (χ0v) is 15.4. The Morgan fingerprint density at radius 2 is 1.93 bits per heavy atom. The van der Waals surface area contributed by atoms with E-state index in [0.717, 1.165) is 0 Å². The fourth-order valence-corrected chi connectivity index (χ4v) is 2.58. The maximum atomic E-state index is 12.5. The number of ether oxygens (including phenoxy) is 2. The van der Waals surface area contributed by atoms with Crippen LogP contribution >= 0.6 is 0 Å². The average Bonchev–Trinajstić information content (AvgIpc) is 3.05. The molecular weight excluding hydrogens is 346 g/mol. The molecule has 2 aromatic heterocycles. The minimum absolute atomic E-state index is 0.0700. The van der Waals surface area contributed by atoms with E-state index in [-0.39, 0.29) is 18.6 Å². The Morgan fingerprint density at radius 3 is 2.59 bits per heavy atom. The molecule has 0 saturated heterocycles. The fourth-order valence-electron chi connectivity index (χ4n) is 2.58. The van der Waals surface area contributed by atoms with Gasteiger partial charge in [-0.25, -0.2) is 9.31 Å². The normalized spacial score (nSPS) is 10.8. The van der Waals surface area contributed by atoms with Gasteiger partial charge in [0.1, 0.15) is 11.3 Å². The first-order valence-corrected chi connectivity index (χ1v) is 8.70. The summed E-state index contributed by atoms with van der Waals surface area (Å²) in [6.45, 7) is 5.91. The van der Waals surface area contributed by atoms with Crippen molar-refractivity contribution in [1.29, 1.82) is 0 Å². The van der Waals surface area contributed by atoms with Crippen LogP contribution in [0.2, 0.25) is 0 Å². The lowest BCUT2D eigenvalue weighted by Crippen LogP contribution is -2.12. The summed E-state index contributed by atoms with van der Waals surface area (Å²) in [7, 11) is 0. The van der Waals surface area contributed by atoms with E-state index in [2.05, 4.69) is 10.4 Å². The van der Waals surface area contributed by atoms with Crippen molar-refractivity contribution in [1.82, 2.24) is 9.61 Å². The number of anilines is 1. The van der Waals surface area contributed by atoms with Crippen LogP contribution in [-0.4, -0.2) is 34.2 Å². The van der Waals surface area contributed by atoms with Crippen molar-refractivity contribution in [3.05, 3.63) is 59.9 Å². The number of carbonyl (C=O) groups is 2. The summed E-state index contributed by atoms with van der Waals surface area (Å²) >= 11 is 0. The fraction of sp³-hybridized carbons (Fsp3) is 0.250. The van der Waals surface area contributed by atoms with Crippen molar-refractivity contribution in [3.8, 4) is 5.75 Å². The van der Waals surface area contributed by atoms with Gasteiger partial charge in [0.2, 0.25) is 0 Å². The molecule has 7 heteroatoms. The molecule has 1 aromatic carbocycles. The lowest BCUT2D eigenvalue weighted by molar-refractivity contribution is 0.0528. The van der Waals surface area contributed by atoms with Gasteiger partial charge in [0.25, 0.3) is 5.91 Å². The predicted octanol–water partition coefficient (Wildman–Crippen LogP) is 3.55. The molecule has 0 spiro atoms. The van der Waals surface area contributed by atoms with Gasteiger partial charge in [-0.05, 0) is 57.2 Å². The van der Waals surface area contributed by atoms with Crippen molar-refractivity contribution in [2.45, 2.75) is 26.9 Å². The summed E-state index contributed by atoms with van der Waals surface area (Å²) in [5.74, 6) is 0.00525. The lowest BCUT2D eigenvalue weighted by atomic mass is 10.2. The Balaban J connectivity index is 1.78. The number of carbonyl (C=O) groups excluding carboxylic acids is 2. The molecule has 3 aromatic rings. The van der Waals surface area contributed by atoms with Gasteiger partial charge in [0, 0.05) is 17.4 Å². The molecule has 2 heterocycles. The maximum absolute atomic E-state index is 12.5. The molecule has 3 rings (SSSR count). The summed E-state index contributed by atoms with van der Waals surface area (Å²) in [4.78, 5) is 24.5. The molecule has 140 valence electrons. The molecule has 7 nitrogen and oxygen atoms in total. The van der Waals surface area contributed by atoms with Crippen LogP contribution < -0.4 is 10.1 Å². The van der Waals surface area contributed by atoms with Crippen LogP contribution in [-0.2, 0) is 4.74 Å². The highest BCUT2D eigenvalue weighted by atomic mass is 16.5. The summed E-state index contributed by atoms with van der Waals surface area (Å²) in [6, 6.07) is 10.3. The van der Waals surface area contributed by atoms with E-state index in [9.17, 15) is 9.59 Å². The van der Waals surface area contributed by atoms with Gasteiger partial charge in [-0.2, -0.15) is 5.10 Å². The summed E-state index contributed by atoms with van der Waals surface area (Å²) < 4.78 is 12.2. The Labute approximate surface area is 156 Å². The van der Waals surface area contributed by atoms with Gasteiger partial charge in [0.05, 0.1) is 24.4 Å². The van der Waals surface area contributed by atoms with Crippen molar-refractivity contribution in [2.75, 3.05) is 11.9 Å². The molecule has 0 saturated carbocycles. The highest BCUT2D eigenvalue weighted by molar-refractivity contribution is 6.05. The minimum atomic E-state index is -0.447. The molecule has 0 atom stereocenters. The van der Waals surface area contributed by atoms with Crippen molar-refractivity contribution in [2.24, 2.45) is 0 Å². The SMILES string of the molecule is CCOC(=O)c1cnn2ccc(NC(=O)c3ccc(OC(C)C)cc3)cc12. The maximum Gasteiger partial charge on any atom is 0.341 e. The van der Waals surface area contributed by atoms with Gasteiger partial charge in [-0.15, -0.1) is 0 Å². The van der Waals surface area contributed by atoms with Crippen LogP contribution in [0.25, 0.3) is 5.52 Å². The number of nitrogens with one attached hydrogen (secondary N) is 1. The number of rotatable bonds is 6. The molecule has 1 N–H and O–H groups in total. The second kappa shape index (κ2) is 7.90. The number of fused-ring (bicyclic) bond motifs is 1. The number of hydrogen-bond donors (Lipinski definition) is 1. The second-order valence-corrected chi connectivity index (χ2v) is 6.17. The number of aromatic nitrogens is 2. The van der Waals surface area contributed by atoms with E-state index in [1.165, 1.54) is 6.20 Å². The molecule has 0 radical (unpaired) electrons. The quantitative estimate of drug-likeness (QED) is 0.674. The number of hydrogen-bond acceptors (Lipinski definition) is 5. The third-order valence-corrected chi connectivity index (χ3v) is 3.76. The Kier molecular flexibility index (Phi) is 5.40. The smallest absolute Gasteiger partial charge is 0.341 e. The Hall–Kier alpha value is -3.35. The van der Waals surface area contributed by atoms with Gasteiger partial charge in [0.15, 0.2) is 0 Å². The Bertz CT molecular complexity index is 961. The minimum Gasteiger partial charge on any atom is -0.491 e. The van der Waals surface area contributed by atoms with E-state index in [4.69, 9.17) is 9.47 Å². The van der Waals surface area contributed by atoms with Crippen molar-refractivity contribution in [3.63, 3.8) is 0 Å². The monoisotopic (exact) mass is 367 g/mol. The number of nitrogens with zero attached hydrogens (tertiary/aromatic N) is 2. The molecule has 0 aliphatic carbocycles. The zero-order valence-electron chi connectivity index (χ0n) is 15.4. The van der Waals surface area contributed by atoms with Crippen molar-refractivity contribution >= 4 is 23.1 Å². The van der Waals surface area contributed by atoms with Crippen LogP contribution in [0.15, 0.2) is 48.8 Å². The largest absolute Gasteiger partial charge is 0.491 e. The highest BCUT2D eigenvalue weighted by Gasteiger charge is 2.15. The first-order valence-electron chi connectivity index (χ1n) is 8.70. The number of benzene rings is 1. The summed E-state index contributed by atoms with van der Waals surface area (Å²) in [5, 5.41) is 6.95. The van der Waals surface area contributed by atoms with E-state index < -0.39 is 5.97 Å². The molecule has 1 amide bonds. The molecule has 0 bridgehead atoms. The molecule has 27 heavy (non-hydrogen) atoms. The second-order valence-electron chi connectivity index (χ2n) is 6.17.